The summed E-state index contributed by atoms with van der Waals surface area (Å²) in [4.78, 5) is 9.16. The van der Waals surface area contributed by atoms with Crippen molar-refractivity contribution >= 4 is 0 Å². The molecule has 1 aromatic carbocycles. The Hall–Kier alpha value is -1.90. The zero-order chi connectivity index (χ0) is 21.4. The highest BCUT2D eigenvalue weighted by Gasteiger charge is 2.04. The molecule has 2 aromatic rings. The van der Waals surface area contributed by atoms with Crippen molar-refractivity contribution in [1.29, 1.82) is 0 Å². The fourth-order valence-corrected chi connectivity index (χ4v) is 3.62. The summed E-state index contributed by atoms with van der Waals surface area (Å²) in [5.74, 6) is 2.50. The zero-order valence-electron chi connectivity index (χ0n) is 19.5. The summed E-state index contributed by atoms with van der Waals surface area (Å²) in [7, 11) is 0. The van der Waals surface area contributed by atoms with Gasteiger partial charge in [0.2, 0.25) is 0 Å². The second kappa shape index (κ2) is 15.0. The molecule has 0 radical (unpaired) electrons. The number of rotatable bonds is 16. The van der Waals surface area contributed by atoms with Crippen LogP contribution in [0.3, 0.4) is 0 Å². The monoisotopic (exact) mass is 410 g/mol. The van der Waals surface area contributed by atoms with E-state index in [-0.39, 0.29) is 0 Å². The predicted molar refractivity (Wildman–Crippen MR) is 128 cm³/mol. The van der Waals surface area contributed by atoms with Crippen LogP contribution in [0.15, 0.2) is 36.7 Å². The van der Waals surface area contributed by atoms with Crippen LogP contribution in [0.5, 0.6) is 5.75 Å². The maximum atomic E-state index is 5.86. The third-order valence-electron chi connectivity index (χ3n) is 5.94. The maximum absolute atomic E-state index is 5.86. The first kappa shape index (κ1) is 24.4. The van der Waals surface area contributed by atoms with Crippen LogP contribution < -0.4 is 4.74 Å². The third-order valence-corrected chi connectivity index (χ3v) is 5.94. The van der Waals surface area contributed by atoms with Crippen LogP contribution in [0.25, 0.3) is 11.4 Å². The van der Waals surface area contributed by atoms with Gasteiger partial charge in [-0.05, 0) is 61.4 Å². The van der Waals surface area contributed by atoms with Crippen LogP contribution in [0.4, 0.5) is 0 Å². The fraction of sp³-hybridized carbons (Fsp3) is 0.630. The maximum Gasteiger partial charge on any atom is 0.159 e. The number of ether oxygens (including phenoxy) is 1. The van der Waals surface area contributed by atoms with Crippen molar-refractivity contribution in [2.24, 2.45) is 5.92 Å². The molecule has 0 fully saturated rings. The lowest BCUT2D eigenvalue weighted by atomic mass is 10.0. The van der Waals surface area contributed by atoms with Crippen LogP contribution in [-0.4, -0.2) is 16.6 Å². The van der Waals surface area contributed by atoms with E-state index in [1.807, 2.05) is 24.5 Å². The fourth-order valence-electron chi connectivity index (χ4n) is 3.62. The van der Waals surface area contributed by atoms with Crippen molar-refractivity contribution in [3.63, 3.8) is 0 Å². The lowest BCUT2D eigenvalue weighted by molar-refractivity contribution is 0.294. The highest BCUT2D eigenvalue weighted by molar-refractivity contribution is 5.55. The normalized spacial score (nSPS) is 12.1. The summed E-state index contributed by atoms with van der Waals surface area (Å²) in [6.07, 6.45) is 19.4. The molecular weight excluding hydrogens is 368 g/mol. The van der Waals surface area contributed by atoms with Crippen molar-refractivity contribution < 1.29 is 4.74 Å². The average Bonchev–Trinajstić information content (AvgIpc) is 2.79. The van der Waals surface area contributed by atoms with Gasteiger partial charge in [0.05, 0.1) is 6.61 Å². The van der Waals surface area contributed by atoms with E-state index in [4.69, 9.17) is 4.74 Å². The molecule has 0 aliphatic rings. The highest BCUT2D eigenvalue weighted by atomic mass is 16.5. The molecule has 1 unspecified atom stereocenters. The molecule has 1 atom stereocenters. The first-order chi connectivity index (χ1) is 14.7. The Morgan fingerprint density at radius 1 is 0.800 bits per heavy atom. The molecule has 0 bridgehead atoms. The predicted octanol–water partition coefficient (Wildman–Crippen LogP) is 8.03. The van der Waals surface area contributed by atoms with Gasteiger partial charge in [0.1, 0.15) is 5.75 Å². The third kappa shape index (κ3) is 9.73. The van der Waals surface area contributed by atoms with Gasteiger partial charge in [-0.3, -0.25) is 0 Å². The quantitative estimate of drug-likeness (QED) is 0.263. The van der Waals surface area contributed by atoms with Gasteiger partial charge in [-0.2, -0.15) is 0 Å². The number of aromatic nitrogens is 2. The Labute approximate surface area is 184 Å². The second-order valence-electron chi connectivity index (χ2n) is 8.67. The number of hydrogen-bond donors (Lipinski definition) is 0. The topological polar surface area (TPSA) is 35.0 Å². The minimum Gasteiger partial charge on any atom is -0.494 e. The lowest BCUT2D eigenvalue weighted by Crippen LogP contribution is -2.01. The molecule has 166 valence electrons. The minimum absolute atomic E-state index is 0.784. The van der Waals surface area contributed by atoms with Crippen molar-refractivity contribution in [2.75, 3.05) is 6.61 Å². The number of nitrogens with zero attached hydrogens (tertiary/aromatic N) is 2. The van der Waals surface area contributed by atoms with Crippen LogP contribution >= 0.6 is 0 Å². The first-order valence-electron chi connectivity index (χ1n) is 12.3. The van der Waals surface area contributed by atoms with Gasteiger partial charge in [0.25, 0.3) is 0 Å². The largest absolute Gasteiger partial charge is 0.494 e. The zero-order valence-corrected chi connectivity index (χ0v) is 19.5. The van der Waals surface area contributed by atoms with Gasteiger partial charge < -0.3 is 4.74 Å². The molecular formula is C27H42N2O. The van der Waals surface area contributed by atoms with E-state index in [0.29, 0.717) is 0 Å². The number of aryl methyl sites for hydroxylation is 1. The van der Waals surface area contributed by atoms with Crippen molar-refractivity contribution in [2.45, 2.75) is 97.8 Å². The molecule has 0 aliphatic heterocycles. The Bertz CT molecular complexity index is 666. The molecule has 0 saturated carbocycles. The van der Waals surface area contributed by atoms with Crippen LogP contribution in [-0.2, 0) is 6.42 Å². The summed E-state index contributed by atoms with van der Waals surface area (Å²) in [6.45, 7) is 7.60. The van der Waals surface area contributed by atoms with E-state index in [1.54, 1.807) is 0 Å². The highest BCUT2D eigenvalue weighted by Crippen LogP contribution is 2.20. The molecule has 0 saturated heterocycles. The van der Waals surface area contributed by atoms with Gasteiger partial charge >= 0.3 is 0 Å². The van der Waals surface area contributed by atoms with Crippen molar-refractivity contribution in [1.82, 2.24) is 9.97 Å². The summed E-state index contributed by atoms with van der Waals surface area (Å²) in [5, 5.41) is 0. The van der Waals surface area contributed by atoms with Crippen molar-refractivity contribution in [3.8, 4) is 17.1 Å². The first-order valence-corrected chi connectivity index (χ1v) is 12.3. The molecule has 30 heavy (non-hydrogen) atoms. The summed E-state index contributed by atoms with van der Waals surface area (Å²) < 4.78 is 5.86. The van der Waals surface area contributed by atoms with E-state index in [1.165, 1.54) is 69.8 Å². The molecule has 1 aromatic heterocycles. The van der Waals surface area contributed by atoms with Gasteiger partial charge in [-0.15, -0.1) is 0 Å². The van der Waals surface area contributed by atoms with E-state index < -0.39 is 0 Å². The average molecular weight is 411 g/mol. The summed E-state index contributed by atoms with van der Waals surface area (Å²) in [5.41, 5.74) is 2.28. The Morgan fingerprint density at radius 3 is 2.07 bits per heavy atom. The second-order valence-corrected chi connectivity index (χ2v) is 8.67. The van der Waals surface area contributed by atoms with Crippen molar-refractivity contribution in [3.05, 3.63) is 42.2 Å². The molecule has 3 nitrogen and oxygen atoms in total. The number of unbranched alkanes of at least 4 members (excludes halogenated alkanes) is 7. The molecule has 0 spiro atoms. The molecule has 2 rings (SSSR count). The van der Waals surface area contributed by atoms with Crippen LogP contribution in [0.1, 0.15) is 97.0 Å². The smallest absolute Gasteiger partial charge is 0.159 e. The lowest BCUT2D eigenvalue weighted by Gasteiger charge is -2.10. The molecule has 1 heterocycles. The minimum atomic E-state index is 0.784. The Balaban J connectivity index is 1.67. The standard InChI is InChI=1S/C27H42N2O/c1-4-6-7-8-9-10-11-12-15-24-21-28-27(29-22-24)25-16-18-26(19-17-25)30-20-13-14-23(3)5-2/h16-19,21-23H,4-15,20H2,1-3H3. The molecule has 0 amide bonds. The Morgan fingerprint density at radius 2 is 1.43 bits per heavy atom. The summed E-state index contributed by atoms with van der Waals surface area (Å²) >= 11 is 0. The van der Waals surface area contributed by atoms with Crippen LogP contribution in [0.2, 0.25) is 0 Å². The van der Waals surface area contributed by atoms with Gasteiger partial charge in [0.15, 0.2) is 5.82 Å². The Kier molecular flexibility index (Phi) is 12.2. The van der Waals surface area contributed by atoms with E-state index in [9.17, 15) is 0 Å². The van der Waals surface area contributed by atoms with Gasteiger partial charge in [-0.1, -0.05) is 72.1 Å². The summed E-state index contributed by atoms with van der Waals surface area (Å²) in [6, 6.07) is 8.15. The number of benzene rings is 1. The van der Waals surface area contributed by atoms with Gasteiger partial charge in [0, 0.05) is 18.0 Å². The van der Waals surface area contributed by atoms with Crippen LogP contribution in [0, 0.1) is 5.92 Å². The van der Waals surface area contributed by atoms with Gasteiger partial charge in [-0.25, -0.2) is 9.97 Å². The number of hydrogen-bond acceptors (Lipinski definition) is 3. The molecule has 0 N–H and O–H groups in total. The molecule has 3 heteroatoms. The molecule has 0 aliphatic carbocycles. The SMILES string of the molecule is CCCCCCCCCCc1cnc(-c2ccc(OCCCC(C)CC)cc2)nc1. The van der Waals surface area contributed by atoms with E-state index in [0.717, 1.165) is 42.5 Å². The van der Waals surface area contributed by atoms with E-state index >= 15 is 0 Å². The van der Waals surface area contributed by atoms with E-state index in [2.05, 4.69) is 42.9 Å².